The van der Waals surface area contributed by atoms with Crippen LogP contribution in [0.5, 0.6) is 0 Å². The molecule has 2 aromatic carbocycles. The molecular weight excluding hydrogens is 504 g/mol. The summed E-state index contributed by atoms with van der Waals surface area (Å²) in [6.07, 6.45) is 1.86. The molecule has 40 heavy (non-hydrogen) atoms. The highest BCUT2D eigenvalue weighted by molar-refractivity contribution is 6.04. The number of primary amides is 1. The SMILES string of the molecule is CCc1ccc(C(CC)(NC(=O)c2c(C)nn3c2N[C@@H](c2ccccc2)CC3(C)C)C(=O)N[C@@H](C)C(N)=O)cc1. The molecule has 4 rings (SSSR count). The van der Waals surface area contributed by atoms with E-state index in [4.69, 9.17) is 10.8 Å². The molecule has 9 nitrogen and oxygen atoms in total. The van der Waals surface area contributed by atoms with Gasteiger partial charge in [0.05, 0.1) is 17.3 Å². The number of rotatable bonds is 9. The lowest BCUT2D eigenvalue weighted by Crippen LogP contribution is -2.59. The number of nitrogens with zero attached hydrogens (tertiary/aromatic N) is 2. The van der Waals surface area contributed by atoms with E-state index in [1.807, 2.05) is 61.0 Å². The monoisotopic (exact) mass is 544 g/mol. The average Bonchev–Trinajstić information content (AvgIpc) is 3.28. The number of hydrogen-bond acceptors (Lipinski definition) is 5. The van der Waals surface area contributed by atoms with Gasteiger partial charge < -0.3 is 21.7 Å². The Hall–Kier alpha value is -4.14. The lowest BCUT2D eigenvalue weighted by molar-refractivity contribution is -0.131. The van der Waals surface area contributed by atoms with Crippen LogP contribution in [0.3, 0.4) is 0 Å². The summed E-state index contributed by atoms with van der Waals surface area (Å²) in [6, 6.07) is 16.8. The quantitative estimate of drug-likeness (QED) is 0.323. The molecule has 0 spiro atoms. The second kappa shape index (κ2) is 11.2. The van der Waals surface area contributed by atoms with Gasteiger partial charge in [0.15, 0.2) is 0 Å². The standard InChI is InChI=1S/C31H40N6O3/c1-7-21-14-16-23(17-15-21)31(8-2,29(40)33-20(4)26(32)38)35-28(39)25-19(3)36-37-27(25)34-24(18-30(37,5)6)22-12-10-9-11-13-22/h9-17,20,24,34H,7-8,18H2,1-6H3,(H2,32,38)(H,33,40)(H,35,39)/t20-,24+,31?/m0/s1. The summed E-state index contributed by atoms with van der Waals surface area (Å²) in [7, 11) is 0. The number of amides is 3. The molecule has 1 unspecified atom stereocenters. The predicted molar refractivity (Wildman–Crippen MR) is 156 cm³/mol. The molecule has 5 N–H and O–H groups in total. The van der Waals surface area contributed by atoms with Crippen molar-refractivity contribution in [3.05, 3.63) is 82.5 Å². The molecule has 2 heterocycles. The van der Waals surface area contributed by atoms with Gasteiger partial charge in [-0.2, -0.15) is 5.10 Å². The lowest BCUT2D eigenvalue weighted by atomic mass is 9.84. The fourth-order valence-corrected chi connectivity index (χ4v) is 5.44. The Labute approximate surface area is 235 Å². The summed E-state index contributed by atoms with van der Waals surface area (Å²) in [6.45, 7) is 11.4. The van der Waals surface area contributed by atoms with E-state index >= 15 is 0 Å². The van der Waals surface area contributed by atoms with E-state index in [2.05, 4.69) is 41.9 Å². The summed E-state index contributed by atoms with van der Waals surface area (Å²) < 4.78 is 1.87. The van der Waals surface area contributed by atoms with E-state index in [-0.39, 0.29) is 18.0 Å². The third-order valence-electron chi connectivity index (χ3n) is 7.95. The van der Waals surface area contributed by atoms with Gasteiger partial charge in [0.2, 0.25) is 5.91 Å². The first-order valence-electron chi connectivity index (χ1n) is 13.9. The summed E-state index contributed by atoms with van der Waals surface area (Å²) in [5.74, 6) is -0.990. The molecule has 0 bridgehead atoms. The van der Waals surface area contributed by atoms with Gasteiger partial charge in [-0.1, -0.05) is 68.4 Å². The Morgan fingerprint density at radius 3 is 2.35 bits per heavy atom. The minimum atomic E-state index is -1.45. The van der Waals surface area contributed by atoms with Crippen molar-refractivity contribution in [1.82, 2.24) is 20.4 Å². The van der Waals surface area contributed by atoms with Gasteiger partial charge in [0.25, 0.3) is 11.8 Å². The molecule has 1 aromatic heterocycles. The number of benzene rings is 2. The van der Waals surface area contributed by atoms with Crippen molar-refractivity contribution in [1.29, 1.82) is 0 Å². The molecule has 3 atom stereocenters. The Bertz CT molecular complexity index is 1400. The molecule has 3 aromatic rings. The molecule has 1 aliphatic heterocycles. The Balaban J connectivity index is 1.77. The second-order valence-corrected chi connectivity index (χ2v) is 11.2. The Kier molecular flexibility index (Phi) is 8.05. The highest BCUT2D eigenvalue weighted by Gasteiger charge is 2.44. The summed E-state index contributed by atoms with van der Waals surface area (Å²) >= 11 is 0. The van der Waals surface area contributed by atoms with E-state index in [1.54, 1.807) is 6.92 Å². The van der Waals surface area contributed by atoms with E-state index in [0.717, 1.165) is 24.0 Å². The average molecular weight is 545 g/mol. The molecule has 9 heteroatoms. The number of aromatic nitrogens is 2. The summed E-state index contributed by atoms with van der Waals surface area (Å²) in [4.78, 5) is 39.8. The van der Waals surface area contributed by atoms with Crippen LogP contribution in [0.2, 0.25) is 0 Å². The largest absolute Gasteiger partial charge is 0.368 e. The van der Waals surface area contributed by atoms with E-state index in [9.17, 15) is 14.4 Å². The van der Waals surface area contributed by atoms with Crippen LogP contribution in [0.15, 0.2) is 54.6 Å². The Morgan fingerprint density at radius 2 is 1.77 bits per heavy atom. The maximum Gasteiger partial charge on any atom is 0.258 e. The number of carbonyl (C=O) groups excluding carboxylic acids is 3. The maximum atomic E-state index is 14.2. The predicted octanol–water partition coefficient (Wildman–Crippen LogP) is 4.07. The molecule has 3 amide bonds. The topological polar surface area (TPSA) is 131 Å². The van der Waals surface area contributed by atoms with Gasteiger partial charge in [-0.3, -0.25) is 14.4 Å². The third-order valence-corrected chi connectivity index (χ3v) is 7.95. The van der Waals surface area contributed by atoms with Crippen LogP contribution in [-0.4, -0.2) is 33.5 Å². The van der Waals surface area contributed by atoms with Crippen molar-refractivity contribution in [2.24, 2.45) is 5.73 Å². The number of carbonyl (C=O) groups is 3. The van der Waals surface area contributed by atoms with Gasteiger partial charge in [-0.05, 0) is 63.6 Å². The number of hydrogen-bond donors (Lipinski definition) is 4. The Morgan fingerprint density at radius 1 is 1.12 bits per heavy atom. The van der Waals surface area contributed by atoms with Crippen molar-refractivity contribution in [2.45, 2.75) is 84.0 Å². The van der Waals surface area contributed by atoms with E-state index in [1.165, 1.54) is 6.92 Å². The molecule has 0 saturated heterocycles. The number of aryl methyl sites for hydroxylation is 2. The van der Waals surface area contributed by atoms with Crippen molar-refractivity contribution < 1.29 is 14.4 Å². The van der Waals surface area contributed by atoms with Crippen LogP contribution >= 0.6 is 0 Å². The highest BCUT2D eigenvalue weighted by atomic mass is 16.2. The normalized spacial score (nSPS) is 18.0. The van der Waals surface area contributed by atoms with Crippen LogP contribution < -0.4 is 21.7 Å². The fraction of sp³-hybridized carbons (Fsp3) is 0.419. The fourth-order valence-electron chi connectivity index (χ4n) is 5.44. The summed E-state index contributed by atoms with van der Waals surface area (Å²) in [5.41, 5.74) is 7.40. The van der Waals surface area contributed by atoms with Crippen molar-refractivity contribution in [3.8, 4) is 0 Å². The first kappa shape index (κ1) is 28.9. The van der Waals surface area contributed by atoms with Crippen LogP contribution in [0.25, 0.3) is 0 Å². The number of nitrogens with two attached hydrogens (primary N) is 1. The highest BCUT2D eigenvalue weighted by Crippen LogP contribution is 2.41. The zero-order valence-corrected chi connectivity index (χ0v) is 24.2. The minimum absolute atomic E-state index is 0.0245. The first-order chi connectivity index (χ1) is 18.9. The zero-order chi connectivity index (χ0) is 29.2. The molecule has 0 radical (unpaired) electrons. The van der Waals surface area contributed by atoms with Gasteiger partial charge in [-0.25, -0.2) is 4.68 Å². The molecular formula is C31H40N6O3. The van der Waals surface area contributed by atoms with Crippen molar-refractivity contribution in [2.75, 3.05) is 5.32 Å². The van der Waals surface area contributed by atoms with E-state index in [0.29, 0.717) is 22.6 Å². The van der Waals surface area contributed by atoms with Gasteiger partial charge in [0.1, 0.15) is 23.0 Å². The van der Waals surface area contributed by atoms with Crippen molar-refractivity contribution in [3.63, 3.8) is 0 Å². The minimum Gasteiger partial charge on any atom is -0.368 e. The van der Waals surface area contributed by atoms with Crippen molar-refractivity contribution >= 4 is 23.5 Å². The lowest BCUT2D eigenvalue weighted by Gasteiger charge is -2.38. The number of nitrogens with one attached hydrogen (secondary N) is 3. The van der Waals surface area contributed by atoms with Crippen LogP contribution in [0.4, 0.5) is 5.82 Å². The smallest absolute Gasteiger partial charge is 0.258 e. The molecule has 1 aliphatic rings. The molecule has 212 valence electrons. The van der Waals surface area contributed by atoms with Gasteiger partial charge >= 0.3 is 0 Å². The van der Waals surface area contributed by atoms with Gasteiger partial charge in [0, 0.05) is 0 Å². The third kappa shape index (κ3) is 5.33. The zero-order valence-electron chi connectivity index (χ0n) is 24.2. The molecule has 0 fully saturated rings. The van der Waals surface area contributed by atoms with Crippen LogP contribution in [0.1, 0.15) is 86.2 Å². The van der Waals surface area contributed by atoms with Crippen LogP contribution in [-0.2, 0) is 27.1 Å². The number of fused-ring (bicyclic) bond motifs is 1. The second-order valence-electron chi connectivity index (χ2n) is 11.2. The first-order valence-corrected chi connectivity index (χ1v) is 13.9. The molecule has 0 aliphatic carbocycles. The van der Waals surface area contributed by atoms with Crippen LogP contribution in [0, 0.1) is 6.92 Å². The van der Waals surface area contributed by atoms with Gasteiger partial charge in [-0.15, -0.1) is 0 Å². The summed E-state index contributed by atoms with van der Waals surface area (Å²) in [5, 5.41) is 14.1. The maximum absolute atomic E-state index is 14.2. The number of anilines is 1. The molecule has 0 saturated carbocycles. The van der Waals surface area contributed by atoms with E-state index < -0.39 is 29.3 Å².